The summed E-state index contributed by atoms with van der Waals surface area (Å²) in [6, 6.07) is 21.0. The minimum atomic E-state index is -1.03. The van der Waals surface area contributed by atoms with Gasteiger partial charge in [-0.1, -0.05) is 48.5 Å². The van der Waals surface area contributed by atoms with Gasteiger partial charge in [-0.15, -0.1) is 0 Å². The van der Waals surface area contributed by atoms with Gasteiger partial charge in [0.1, 0.15) is 24.0 Å². The average Bonchev–Trinajstić information content (AvgIpc) is 3.60. The fourth-order valence-corrected chi connectivity index (χ4v) is 5.14. The molecule has 8 heteroatoms. The van der Waals surface area contributed by atoms with Gasteiger partial charge in [-0.05, 0) is 54.2 Å². The highest BCUT2D eigenvalue weighted by Gasteiger charge is 2.26. The number of aryl methyl sites for hydroxylation is 1. The summed E-state index contributed by atoms with van der Waals surface area (Å²) in [6.45, 7) is 0.0650. The molecule has 3 aromatic carbocycles. The number of benzene rings is 3. The molecule has 6 rings (SSSR count). The zero-order valence-electron chi connectivity index (χ0n) is 21.1. The van der Waals surface area contributed by atoms with E-state index in [1.165, 1.54) is 0 Å². The van der Waals surface area contributed by atoms with Crippen LogP contribution in [0.4, 0.5) is 4.79 Å². The number of aromatic nitrogens is 1. The third-order valence-corrected chi connectivity index (χ3v) is 7.05. The van der Waals surface area contributed by atoms with Gasteiger partial charge in [0.15, 0.2) is 0 Å². The van der Waals surface area contributed by atoms with Crippen molar-refractivity contribution in [3.63, 3.8) is 0 Å². The predicted octanol–water partition coefficient (Wildman–Crippen LogP) is 5.21. The molecule has 0 saturated heterocycles. The first-order valence-corrected chi connectivity index (χ1v) is 12.9. The minimum Gasteiger partial charge on any atom is -0.445 e. The number of nitrogens with one attached hydrogen (secondary N) is 2. The summed E-state index contributed by atoms with van der Waals surface area (Å²) in [6.07, 6.45) is 3.70. The van der Waals surface area contributed by atoms with Crippen molar-refractivity contribution in [1.29, 1.82) is 0 Å². The Kier molecular flexibility index (Phi) is 6.59. The molecule has 8 nitrogen and oxygen atoms in total. The van der Waals surface area contributed by atoms with Gasteiger partial charge in [-0.2, -0.15) is 0 Å². The molecule has 2 N–H and O–H groups in total. The number of esters is 1. The molecule has 0 saturated carbocycles. The van der Waals surface area contributed by atoms with Crippen LogP contribution in [0.3, 0.4) is 0 Å². The van der Waals surface area contributed by atoms with E-state index < -0.39 is 18.1 Å². The van der Waals surface area contributed by atoms with Crippen LogP contribution in [0.2, 0.25) is 0 Å². The molecule has 196 valence electrons. The number of fused-ring (bicyclic) bond motifs is 4. The summed E-state index contributed by atoms with van der Waals surface area (Å²) in [5.74, 6) is -0.447. The molecule has 1 aliphatic rings. The Morgan fingerprint density at radius 2 is 1.74 bits per heavy atom. The Bertz CT molecular complexity index is 1740. The highest BCUT2D eigenvalue weighted by molar-refractivity contribution is 5.88. The quantitative estimate of drug-likeness (QED) is 0.173. The highest BCUT2D eigenvalue weighted by Crippen LogP contribution is 2.30. The van der Waals surface area contributed by atoms with Crippen molar-refractivity contribution in [2.75, 3.05) is 0 Å². The molecule has 0 unspecified atom stereocenters. The Morgan fingerprint density at radius 3 is 2.62 bits per heavy atom. The summed E-state index contributed by atoms with van der Waals surface area (Å²) in [5, 5.41) is 4.46. The van der Waals surface area contributed by atoms with Gasteiger partial charge >= 0.3 is 17.7 Å². The van der Waals surface area contributed by atoms with Crippen LogP contribution in [0, 0.1) is 0 Å². The normalized spacial score (nSPS) is 13.2. The lowest BCUT2D eigenvalue weighted by Gasteiger charge is -2.18. The SMILES string of the molecule is O=C(N[C@@H](Cc1c[nH]c2ccccc12)C(=O)Oc1ccc2c3c(c(=O)oc2c1)CCC3)OCc1ccccc1. The molecule has 2 aromatic heterocycles. The van der Waals surface area contributed by atoms with Gasteiger partial charge in [0.05, 0.1) is 0 Å². The first kappa shape index (κ1) is 24.5. The van der Waals surface area contributed by atoms with E-state index in [4.69, 9.17) is 13.9 Å². The van der Waals surface area contributed by atoms with Crippen LogP contribution in [0.15, 0.2) is 88.2 Å². The van der Waals surface area contributed by atoms with Gasteiger partial charge in [0.2, 0.25) is 0 Å². The van der Waals surface area contributed by atoms with E-state index in [2.05, 4.69) is 10.3 Å². The minimum absolute atomic E-state index is 0.0650. The zero-order chi connectivity index (χ0) is 26.8. The molecular weight excluding hydrogens is 496 g/mol. The van der Waals surface area contributed by atoms with Gasteiger partial charge in [-0.25, -0.2) is 14.4 Å². The Hall–Kier alpha value is -4.85. The molecule has 2 heterocycles. The number of alkyl carbamates (subject to hydrolysis) is 1. The number of H-pyrrole nitrogens is 1. The first-order chi connectivity index (χ1) is 19.0. The van der Waals surface area contributed by atoms with E-state index in [9.17, 15) is 14.4 Å². The zero-order valence-corrected chi connectivity index (χ0v) is 21.1. The van der Waals surface area contributed by atoms with Crippen LogP contribution in [0.1, 0.15) is 28.7 Å². The van der Waals surface area contributed by atoms with Crippen molar-refractivity contribution in [2.24, 2.45) is 0 Å². The maximum Gasteiger partial charge on any atom is 0.408 e. The number of ether oxygens (including phenoxy) is 2. The van der Waals surface area contributed by atoms with Crippen LogP contribution in [-0.4, -0.2) is 23.1 Å². The van der Waals surface area contributed by atoms with E-state index in [1.807, 2.05) is 60.8 Å². The van der Waals surface area contributed by atoms with E-state index >= 15 is 0 Å². The van der Waals surface area contributed by atoms with Crippen molar-refractivity contribution < 1.29 is 23.5 Å². The maximum absolute atomic E-state index is 13.4. The Balaban J connectivity index is 1.23. The van der Waals surface area contributed by atoms with Gasteiger partial charge in [0.25, 0.3) is 0 Å². The number of carbonyl (C=O) groups excluding carboxylic acids is 2. The summed E-state index contributed by atoms with van der Waals surface area (Å²) >= 11 is 0. The van der Waals surface area contributed by atoms with Crippen molar-refractivity contribution in [3.8, 4) is 5.75 Å². The topological polar surface area (TPSA) is 111 Å². The van der Waals surface area contributed by atoms with E-state index in [1.54, 1.807) is 18.2 Å². The summed E-state index contributed by atoms with van der Waals surface area (Å²) in [7, 11) is 0. The lowest BCUT2D eigenvalue weighted by Crippen LogP contribution is -2.44. The number of hydrogen-bond acceptors (Lipinski definition) is 6. The fraction of sp³-hybridized carbons (Fsp3) is 0.194. The average molecular weight is 523 g/mol. The fourth-order valence-electron chi connectivity index (χ4n) is 5.14. The summed E-state index contributed by atoms with van der Waals surface area (Å²) in [4.78, 5) is 41.7. The van der Waals surface area contributed by atoms with E-state index in [-0.39, 0.29) is 24.4 Å². The second-order valence-corrected chi connectivity index (χ2v) is 9.60. The van der Waals surface area contributed by atoms with Gasteiger partial charge in [0, 0.05) is 40.5 Å². The molecule has 5 aromatic rings. The molecule has 0 aliphatic heterocycles. The maximum atomic E-state index is 13.4. The Morgan fingerprint density at radius 1 is 0.949 bits per heavy atom. The number of para-hydroxylation sites is 1. The van der Waals surface area contributed by atoms with Gasteiger partial charge < -0.3 is 24.2 Å². The lowest BCUT2D eigenvalue weighted by molar-refractivity contribution is -0.136. The largest absolute Gasteiger partial charge is 0.445 e. The number of amides is 1. The molecule has 1 aliphatic carbocycles. The Labute approximate surface area is 223 Å². The first-order valence-electron chi connectivity index (χ1n) is 12.9. The lowest BCUT2D eigenvalue weighted by atomic mass is 10.0. The standard InChI is InChI=1S/C31H26N2O6/c34-29-25-11-6-10-23(25)24-14-13-21(16-28(24)39-29)38-30(35)27(15-20-17-32-26-12-5-4-9-22(20)26)33-31(36)37-18-19-7-2-1-3-8-19/h1-5,7-9,12-14,16-17,27,32H,6,10-11,15,18H2,(H,33,36)/t27-/m0/s1. The molecule has 0 radical (unpaired) electrons. The van der Waals surface area contributed by atoms with Crippen LogP contribution < -0.4 is 15.7 Å². The van der Waals surface area contributed by atoms with Crippen LogP contribution in [0.25, 0.3) is 21.9 Å². The highest BCUT2D eigenvalue weighted by atomic mass is 16.6. The third kappa shape index (κ3) is 5.13. The molecule has 39 heavy (non-hydrogen) atoms. The number of carbonyl (C=O) groups is 2. The third-order valence-electron chi connectivity index (χ3n) is 7.05. The molecule has 0 spiro atoms. The van der Waals surface area contributed by atoms with Crippen LogP contribution in [0.5, 0.6) is 5.75 Å². The second-order valence-electron chi connectivity index (χ2n) is 9.60. The second kappa shape index (κ2) is 10.5. The van der Waals surface area contributed by atoms with Crippen LogP contribution in [-0.2, 0) is 35.4 Å². The van der Waals surface area contributed by atoms with Crippen molar-refractivity contribution in [2.45, 2.75) is 38.3 Å². The molecule has 1 amide bonds. The molecular formula is C31H26N2O6. The predicted molar refractivity (Wildman–Crippen MR) is 146 cm³/mol. The van der Waals surface area contributed by atoms with Crippen molar-refractivity contribution >= 4 is 33.9 Å². The number of aromatic amines is 1. The van der Waals surface area contributed by atoms with E-state index in [0.29, 0.717) is 12.0 Å². The van der Waals surface area contributed by atoms with Gasteiger partial charge in [-0.3, -0.25) is 0 Å². The monoisotopic (exact) mass is 522 g/mol. The summed E-state index contributed by atoms with van der Waals surface area (Å²) in [5.41, 5.74) is 4.34. The smallest absolute Gasteiger partial charge is 0.408 e. The molecule has 0 bridgehead atoms. The van der Waals surface area contributed by atoms with E-state index in [0.717, 1.165) is 51.4 Å². The summed E-state index contributed by atoms with van der Waals surface area (Å²) < 4.78 is 16.6. The molecule has 1 atom stereocenters. The molecule has 0 fully saturated rings. The van der Waals surface area contributed by atoms with Crippen molar-refractivity contribution in [1.82, 2.24) is 10.3 Å². The van der Waals surface area contributed by atoms with Crippen molar-refractivity contribution in [3.05, 3.63) is 112 Å². The van der Waals surface area contributed by atoms with Crippen LogP contribution >= 0.6 is 0 Å². The number of rotatable bonds is 7. The number of hydrogen-bond donors (Lipinski definition) is 2.